The van der Waals surface area contributed by atoms with E-state index in [0.29, 0.717) is 10.8 Å². The highest BCUT2D eigenvalue weighted by Gasteiger charge is 2.24. The quantitative estimate of drug-likeness (QED) is 0.841. The maximum atomic E-state index is 6.20. The molecule has 0 aliphatic carbocycles. The lowest BCUT2D eigenvalue weighted by Crippen LogP contribution is -2.06. The van der Waals surface area contributed by atoms with Gasteiger partial charge in [0.1, 0.15) is 5.75 Å². The molecule has 1 N–H and O–H groups in total. The van der Waals surface area contributed by atoms with Crippen LogP contribution in [-0.4, -0.2) is 7.11 Å². The number of hydrogen-bond donors (Lipinski definition) is 1. The van der Waals surface area contributed by atoms with Crippen LogP contribution in [-0.2, 0) is 6.42 Å². The van der Waals surface area contributed by atoms with Gasteiger partial charge < -0.3 is 10.1 Å². The fraction of sp³-hybridized carbons (Fsp3) is 0.250. The smallest absolute Gasteiger partial charge is 0.137 e. The van der Waals surface area contributed by atoms with E-state index in [4.69, 9.17) is 27.9 Å². The maximum absolute atomic E-state index is 6.20. The second-order valence-corrected chi connectivity index (χ2v) is 5.82. The van der Waals surface area contributed by atoms with Gasteiger partial charge in [0.05, 0.1) is 18.2 Å². The van der Waals surface area contributed by atoms with Crippen LogP contribution in [0.2, 0.25) is 10.0 Å². The van der Waals surface area contributed by atoms with Gasteiger partial charge in [0.2, 0.25) is 0 Å². The number of anilines is 1. The molecule has 0 radical (unpaired) electrons. The van der Waals surface area contributed by atoms with Gasteiger partial charge in [0.15, 0.2) is 0 Å². The monoisotopic (exact) mass is 307 g/mol. The second-order valence-electron chi connectivity index (χ2n) is 5.00. The predicted molar refractivity (Wildman–Crippen MR) is 84.3 cm³/mol. The Hall–Kier alpha value is -1.38. The summed E-state index contributed by atoms with van der Waals surface area (Å²) in [5.74, 6) is 0.699. The first kappa shape index (κ1) is 13.6. The minimum Gasteiger partial charge on any atom is -0.495 e. The number of nitrogens with one attached hydrogen (secondary N) is 1. The van der Waals surface area contributed by atoms with Crippen molar-refractivity contribution in [1.82, 2.24) is 0 Å². The van der Waals surface area contributed by atoms with Crippen molar-refractivity contribution in [3.8, 4) is 5.75 Å². The molecule has 2 nitrogen and oxygen atoms in total. The first-order valence-corrected chi connectivity index (χ1v) is 7.23. The van der Waals surface area contributed by atoms with E-state index in [2.05, 4.69) is 11.4 Å². The van der Waals surface area contributed by atoms with Gasteiger partial charge in [0.25, 0.3) is 0 Å². The molecular formula is C16H15Cl2NO. The van der Waals surface area contributed by atoms with E-state index in [1.807, 2.05) is 31.2 Å². The van der Waals surface area contributed by atoms with Crippen LogP contribution in [0.3, 0.4) is 0 Å². The molecule has 2 aromatic carbocycles. The molecule has 3 rings (SSSR count). The molecule has 0 aromatic heterocycles. The molecule has 20 heavy (non-hydrogen) atoms. The average molecular weight is 308 g/mol. The highest BCUT2D eigenvalue weighted by atomic mass is 35.5. The van der Waals surface area contributed by atoms with E-state index in [-0.39, 0.29) is 6.04 Å². The Labute approximate surface area is 128 Å². The number of fused-ring (bicyclic) bond motifs is 1. The summed E-state index contributed by atoms with van der Waals surface area (Å²) in [4.78, 5) is 0. The Kier molecular flexibility index (Phi) is 3.53. The Bertz CT molecular complexity index is 670. The third-order valence-electron chi connectivity index (χ3n) is 3.81. The number of halogens is 2. The van der Waals surface area contributed by atoms with Gasteiger partial charge in [-0.25, -0.2) is 0 Å². The summed E-state index contributed by atoms with van der Waals surface area (Å²) in [6, 6.07) is 10.2. The van der Waals surface area contributed by atoms with E-state index in [1.54, 1.807) is 7.11 Å². The van der Waals surface area contributed by atoms with Gasteiger partial charge in [0, 0.05) is 10.7 Å². The number of benzene rings is 2. The van der Waals surface area contributed by atoms with Gasteiger partial charge in [-0.1, -0.05) is 35.3 Å². The topological polar surface area (TPSA) is 21.3 Å². The van der Waals surface area contributed by atoms with Crippen LogP contribution < -0.4 is 10.1 Å². The van der Waals surface area contributed by atoms with E-state index in [1.165, 1.54) is 5.56 Å². The lowest BCUT2D eigenvalue weighted by Gasteiger charge is -2.14. The van der Waals surface area contributed by atoms with Crippen LogP contribution in [0.4, 0.5) is 5.69 Å². The number of rotatable bonds is 2. The van der Waals surface area contributed by atoms with Crippen LogP contribution in [0.15, 0.2) is 30.3 Å². The largest absolute Gasteiger partial charge is 0.495 e. The number of ether oxygens (including phenoxy) is 1. The molecule has 1 unspecified atom stereocenters. The normalized spacial score (nSPS) is 16.7. The molecule has 1 aliphatic rings. The molecule has 4 heteroatoms. The summed E-state index contributed by atoms with van der Waals surface area (Å²) in [5.41, 5.74) is 4.70. The summed E-state index contributed by atoms with van der Waals surface area (Å²) >= 11 is 12.4. The zero-order valence-corrected chi connectivity index (χ0v) is 12.8. The van der Waals surface area contributed by atoms with E-state index < -0.39 is 0 Å². The van der Waals surface area contributed by atoms with E-state index in [9.17, 15) is 0 Å². The molecule has 0 fully saturated rings. The minimum atomic E-state index is 0.227. The molecule has 0 saturated carbocycles. The van der Waals surface area contributed by atoms with Gasteiger partial charge in [-0.2, -0.15) is 0 Å². The van der Waals surface area contributed by atoms with Crippen LogP contribution in [0.5, 0.6) is 5.75 Å². The van der Waals surface area contributed by atoms with Crippen molar-refractivity contribution in [2.24, 2.45) is 0 Å². The van der Waals surface area contributed by atoms with Crippen LogP contribution >= 0.6 is 23.2 Å². The van der Waals surface area contributed by atoms with Crippen LogP contribution in [0.25, 0.3) is 0 Å². The Morgan fingerprint density at radius 1 is 1.15 bits per heavy atom. The van der Waals surface area contributed by atoms with Crippen molar-refractivity contribution in [3.63, 3.8) is 0 Å². The Morgan fingerprint density at radius 2 is 1.95 bits per heavy atom. The van der Waals surface area contributed by atoms with Crippen molar-refractivity contribution < 1.29 is 4.74 Å². The van der Waals surface area contributed by atoms with Gasteiger partial charge >= 0.3 is 0 Å². The molecule has 2 aromatic rings. The standard InChI is InChI=1S/C16H15Cl2NO/c1-9-12(17)5-3-11-8-14(19-16(9)11)10-4-6-15(20-2)13(18)7-10/h3-7,14,19H,8H2,1-2H3. The fourth-order valence-corrected chi connectivity index (χ4v) is 3.08. The minimum absolute atomic E-state index is 0.227. The molecule has 0 bridgehead atoms. The van der Waals surface area contributed by atoms with Crippen molar-refractivity contribution in [2.45, 2.75) is 19.4 Å². The summed E-state index contributed by atoms with van der Waals surface area (Å²) in [6.07, 6.45) is 0.940. The van der Waals surface area contributed by atoms with Crippen LogP contribution in [0, 0.1) is 6.92 Å². The van der Waals surface area contributed by atoms with Gasteiger partial charge in [-0.05, 0) is 48.2 Å². The molecule has 1 atom stereocenters. The van der Waals surface area contributed by atoms with Gasteiger partial charge in [-0.3, -0.25) is 0 Å². The lowest BCUT2D eigenvalue weighted by molar-refractivity contribution is 0.415. The second kappa shape index (κ2) is 5.19. The first-order valence-electron chi connectivity index (χ1n) is 6.48. The molecule has 1 aliphatic heterocycles. The zero-order valence-electron chi connectivity index (χ0n) is 11.3. The first-order chi connectivity index (χ1) is 9.60. The molecule has 0 spiro atoms. The van der Waals surface area contributed by atoms with E-state index in [0.717, 1.165) is 28.3 Å². The Morgan fingerprint density at radius 3 is 2.65 bits per heavy atom. The molecular weight excluding hydrogens is 293 g/mol. The third kappa shape index (κ3) is 2.23. The molecule has 104 valence electrons. The SMILES string of the molecule is COc1ccc(C2Cc3ccc(Cl)c(C)c3N2)cc1Cl. The number of methoxy groups -OCH3 is 1. The van der Waals surface area contributed by atoms with E-state index >= 15 is 0 Å². The zero-order chi connectivity index (χ0) is 14.3. The predicted octanol–water partition coefficient (Wildman–Crippen LogP) is 5.02. The van der Waals surface area contributed by atoms with Crippen molar-refractivity contribution in [3.05, 3.63) is 57.1 Å². The molecule has 0 amide bonds. The van der Waals surface area contributed by atoms with Crippen molar-refractivity contribution >= 4 is 28.9 Å². The third-order valence-corrected chi connectivity index (χ3v) is 4.51. The van der Waals surface area contributed by atoms with Crippen molar-refractivity contribution in [1.29, 1.82) is 0 Å². The average Bonchev–Trinajstić information content (AvgIpc) is 2.88. The maximum Gasteiger partial charge on any atom is 0.137 e. The lowest BCUT2D eigenvalue weighted by atomic mass is 10.0. The van der Waals surface area contributed by atoms with Gasteiger partial charge in [-0.15, -0.1) is 0 Å². The molecule has 0 saturated heterocycles. The fourth-order valence-electron chi connectivity index (χ4n) is 2.66. The number of hydrogen-bond acceptors (Lipinski definition) is 2. The van der Waals surface area contributed by atoms with Crippen molar-refractivity contribution in [2.75, 3.05) is 12.4 Å². The molecule has 1 heterocycles. The Balaban J connectivity index is 1.92. The summed E-state index contributed by atoms with van der Waals surface area (Å²) in [6.45, 7) is 2.04. The summed E-state index contributed by atoms with van der Waals surface area (Å²) in [5, 5.41) is 4.97. The van der Waals surface area contributed by atoms with Crippen LogP contribution in [0.1, 0.15) is 22.7 Å². The highest BCUT2D eigenvalue weighted by molar-refractivity contribution is 6.32. The summed E-state index contributed by atoms with van der Waals surface area (Å²) < 4.78 is 5.19. The summed E-state index contributed by atoms with van der Waals surface area (Å²) in [7, 11) is 1.62. The highest BCUT2D eigenvalue weighted by Crippen LogP contribution is 2.40.